The Balaban J connectivity index is 1.54. The van der Waals surface area contributed by atoms with E-state index in [0.29, 0.717) is 22.1 Å². The zero-order chi connectivity index (χ0) is 21.0. The molecule has 0 radical (unpaired) electrons. The Morgan fingerprint density at radius 3 is 2.72 bits per heavy atom. The van der Waals surface area contributed by atoms with Crippen LogP contribution in [-0.2, 0) is 19.1 Å². The average molecular weight is 437 g/mol. The summed E-state index contributed by atoms with van der Waals surface area (Å²) >= 11 is 11.8. The maximum absolute atomic E-state index is 12.3. The molecule has 2 aromatic carbocycles. The fourth-order valence-electron chi connectivity index (χ4n) is 2.93. The highest BCUT2D eigenvalue weighted by atomic mass is 35.5. The summed E-state index contributed by atoms with van der Waals surface area (Å²) in [4.78, 5) is 38.1. The van der Waals surface area contributed by atoms with Gasteiger partial charge in [0.15, 0.2) is 6.61 Å². The summed E-state index contributed by atoms with van der Waals surface area (Å²) in [6.07, 6.45) is 0.0146. The van der Waals surface area contributed by atoms with Gasteiger partial charge < -0.3 is 19.7 Å². The monoisotopic (exact) mass is 436 g/mol. The van der Waals surface area contributed by atoms with Crippen LogP contribution in [0.25, 0.3) is 0 Å². The molecule has 1 heterocycles. The smallest absolute Gasteiger partial charge is 0.311 e. The summed E-state index contributed by atoms with van der Waals surface area (Å²) in [6.45, 7) is -0.308. The van der Waals surface area contributed by atoms with E-state index in [2.05, 4.69) is 5.32 Å². The molecule has 0 bridgehead atoms. The number of halogens is 2. The van der Waals surface area contributed by atoms with Gasteiger partial charge in [0.1, 0.15) is 5.75 Å². The van der Waals surface area contributed by atoms with Gasteiger partial charge in [-0.15, -0.1) is 0 Å². The van der Waals surface area contributed by atoms with Gasteiger partial charge in [0.2, 0.25) is 5.91 Å². The Bertz CT molecular complexity index is 950. The van der Waals surface area contributed by atoms with E-state index in [0.717, 1.165) is 0 Å². The quantitative estimate of drug-likeness (QED) is 0.699. The summed E-state index contributed by atoms with van der Waals surface area (Å²) in [7, 11) is 1.54. The predicted molar refractivity (Wildman–Crippen MR) is 110 cm³/mol. The molecule has 1 saturated heterocycles. The highest BCUT2D eigenvalue weighted by molar-refractivity contribution is 6.36. The van der Waals surface area contributed by atoms with Crippen LogP contribution in [0.4, 0.5) is 11.4 Å². The number of carbonyl (C=O) groups is 3. The molecule has 0 aromatic heterocycles. The minimum Gasteiger partial charge on any atom is -0.497 e. The Labute approximate surface area is 177 Å². The van der Waals surface area contributed by atoms with E-state index in [9.17, 15) is 14.4 Å². The number of methoxy groups -OCH3 is 1. The largest absolute Gasteiger partial charge is 0.497 e. The second-order valence-corrected chi connectivity index (χ2v) is 7.23. The fraction of sp³-hybridized carbons (Fsp3) is 0.250. The first kappa shape index (κ1) is 21.0. The third kappa shape index (κ3) is 5.19. The van der Waals surface area contributed by atoms with Gasteiger partial charge in [0, 0.05) is 29.7 Å². The fourth-order valence-corrected chi connectivity index (χ4v) is 3.38. The minimum atomic E-state index is -0.652. The topological polar surface area (TPSA) is 84.9 Å². The Morgan fingerprint density at radius 2 is 2.00 bits per heavy atom. The van der Waals surface area contributed by atoms with Crippen LogP contribution in [0.2, 0.25) is 10.0 Å². The number of nitrogens with one attached hydrogen (secondary N) is 1. The number of hydrogen-bond donors (Lipinski definition) is 1. The van der Waals surface area contributed by atoms with Crippen molar-refractivity contribution in [2.45, 2.75) is 6.42 Å². The number of amides is 2. The molecule has 1 aliphatic rings. The molecule has 2 amide bonds. The zero-order valence-corrected chi connectivity index (χ0v) is 17.0. The number of rotatable bonds is 6. The highest BCUT2D eigenvalue weighted by Gasteiger charge is 2.36. The number of nitrogens with zero attached hydrogens (tertiary/aromatic N) is 1. The van der Waals surface area contributed by atoms with E-state index in [4.69, 9.17) is 32.7 Å². The van der Waals surface area contributed by atoms with Crippen LogP contribution in [0, 0.1) is 5.92 Å². The van der Waals surface area contributed by atoms with E-state index in [-0.39, 0.29) is 23.9 Å². The lowest BCUT2D eigenvalue weighted by Gasteiger charge is -2.17. The van der Waals surface area contributed by atoms with Crippen molar-refractivity contribution >= 4 is 52.4 Å². The molecule has 0 saturated carbocycles. The molecule has 1 fully saturated rings. The van der Waals surface area contributed by atoms with Gasteiger partial charge >= 0.3 is 5.97 Å². The summed E-state index contributed by atoms with van der Waals surface area (Å²) < 4.78 is 10.2. The molecule has 0 spiro atoms. The first-order valence-electron chi connectivity index (χ1n) is 8.73. The molecule has 0 aliphatic carbocycles. The number of carbonyl (C=O) groups excluding carboxylic acids is 3. The van der Waals surface area contributed by atoms with Gasteiger partial charge in [-0.05, 0) is 30.3 Å². The second kappa shape index (κ2) is 9.15. The SMILES string of the molecule is COc1cccc(N2C[C@H](C(=O)OCC(=O)Nc3ccc(Cl)cc3Cl)CC2=O)c1. The predicted octanol–water partition coefficient (Wildman–Crippen LogP) is 3.54. The van der Waals surface area contributed by atoms with Crippen LogP contribution < -0.4 is 15.0 Å². The van der Waals surface area contributed by atoms with Crippen molar-refractivity contribution in [3.63, 3.8) is 0 Å². The van der Waals surface area contributed by atoms with Crippen molar-refractivity contribution < 1.29 is 23.9 Å². The molecule has 1 aliphatic heterocycles. The summed E-state index contributed by atoms with van der Waals surface area (Å²) in [5.41, 5.74) is 0.997. The maximum Gasteiger partial charge on any atom is 0.311 e. The van der Waals surface area contributed by atoms with E-state index in [1.165, 1.54) is 18.1 Å². The Kier molecular flexibility index (Phi) is 6.61. The minimum absolute atomic E-state index is 0.0146. The van der Waals surface area contributed by atoms with Gasteiger partial charge in [-0.25, -0.2) is 0 Å². The molecule has 2 aromatic rings. The lowest BCUT2D eigenvalue weighted by Crippen LogP contribution is -2.28. The van der Waals surface area contributed by atoms with Gasteiger partial charge in [0.05, 0.1) is 23.7 Å². The van der Waals surface area contributed by atoms with Crippen LogP contribution >= 0.6 is 23.2 Å². The van der Waals surface area contributed by atoms with E-state index in [1.807, 2.05) is 0 Å². The molecular formula is C20H18Cl2N2O5. The average Bonchev–Trinajstić information content (AvgIpc) is 3.10. The lowest BCUT2D eigenvalue weighted by molar-refractivity contribution is -0.151. The van der Waals surface area contributed by atoms with Gasteiger partial charge in [0.25, 0.3) is 5.91 Å². The van der Waals surface area contributed by atoms with Crippen molar-refractivity contribution in [3.8, 4) is 5.75 Å². The summed E-state index contributed by atoms with van der Waals surface area (Å²) in [5, 5.41) is 3.25. The maximum atomic E-state index is 12.3. The first-order chi connectivity index (χ1) is 13.9. The first-order valence-corrected chi connectivity index (χ1v) is 9.49. The number of hydrogen-bond acceptors (Lipinski definition) is 5. The molecule has 0 unspecified atom stereocenters. The van der Waals surface area contributed by atoms with Gasteiger partial charge in [-0.3, -0.25) is 14.4 Å². The zero-order valence-electron chi connectivity index (χ0n) is 15.5. The Hall–Kier alpha value is -2.77. The molecule has 1 N–H and O–H groups in total. The van der Waals surface area contributed by atoms with Crippen molar-refractivity contribution in [2.24, 2.45) is 5.92 Å². The molecular weight excluding hydrogens is 419 g/mol. The van der Waals surface area contributed by atoms with E-state index >= 15 is 0 Å². The van der Waals surface area contributed by atoms with Crippen molar-refractivity contribution in [3.05, 3.63) is 52.5 Å². The van der Waals surface area contributed by atoms with Crippen molar-refractivity contribution in [2.75, 3.05) is 30.5 Å². The molecule has 29 heavy (non-hydrogen) atoms. The van der Waals surface area contributed by atoms with Crippen molar-refractivity contribution in [1.82, 2.24) is 0 Å². The molecule has 3 rings (SSSR count). The second-order valence-electron chi connectivity index (χ2n) is 6.39. The molecule has 9 heteroatoms. The van der Waals surface area contributed by atoms with Crippen LogP contribution in [0.1, 0.15) is 6.42 Å². The van der Waals surface area contributed by atoms with Crippen LogP contribution in [0.5, 0.6) is 5.75 Å². The van der Waals surface area contributed by atoms with Gasteiger partial charge in [-0.2, -0.15) is 0 Å². The van der Waals surface area contributed by atoms with Crippen LogP contribution in [0.3, 0.4) is 0 Å². The standard InChI is InChI=1S/C20H18Cl2N2O5/c1-28-15-4-2-3-14(9-15)24-10-12(7-19(24)26)20(27)29-11-18(25)23-17-6-5-13(21)8-16(17)22/h2-6,8-9,12H,7,10-11H2,1H3,(H,23,25)/t12-/m1/s1. The molecule has 152 valence electrons. The van der Waals surface area contributed by atoms with Crippen LogP contribution in [-0.4, -0.2) is 38.0 Å². The number of esters is 1. The summed E-state index contributed by atoms with van der Waals surface area (Å²) in [5.74, 6) is -1.39. The molecule has 7 nitrogen and oxygen atoms in total. The number of anilines is 2. The van der Waals surface area contributed by atoms with E-state index in [1.54, 1.807) is 36.4 Å². The summed E-state index contributed by atoms with van der Waals surface area (Å²) in [6, 6.07) is 11.6. The van der Waals surface area contributed by atoms with Gasteiger partial charge in [-0.1, -0.05) is 29.3 Å². The highest BCUT2D eigenvalue weighted by Crippen LogP contribution is 2.28. The normalized spacial score (nSPS) is 15.9. The van der Waals surface area contributed by atoms with Crippen molar-refractivity contribution in [1.29, 1.82) is 0 Å². The Morgan fingerprint density at radius 1 is 1.21 bits per heavy atom. The third-order valence-electron chi connectivity index (χ3n) is 4.37. The number of ether oxygens (including phenoxy) is 2. The number of benzene rings is 2. The lowest BCUT2D eigenvalue weighted by atomic mass is 10.1. The third-order valence-corrected chi connectivity index (χ3v) is 4.92. The van der Waals surface area contributed by atoms with Crippen LogP contribution in [0.15, 0.2) is 42.5 Å². The van der Waals surface area contributed by atoms with E-state index < -0.39 is 24.4 Å². The molecule has 1 atom stereocenters.